The number of fused-ring (bicyclic) bond motifs is 10. The van der Waals surface area contributed by atoms with Crippen molar-refractivity contribution in [3.8, 4) is 51.0 Å². The standard InChI is InChI=1S/C56H32N4S/c1-3-15-34(16-4-1)53-57-54(35-17-5-2-6-18-35)59-55(58-53)40-31-36(32-48-50(40)39-22-9-12-28-47(39)61-48)60-45-27-14-26-44-51(45)52-46(60)30-29-33-19-13-25-43(49(33)52)56(44)41-23-10-7-20-37(41)38-21-8-11-24-42(38)56/h1-32H. The van der Waals surface area contributed by atoms with E-state index in [4.69, 9.17) is 15.0 Å². The van der Waals surface area contributed by atoms with Crippen molar-refractivity contribution in [1.29, 1.82) is 0 Å². The summed E-state index contributed by atoms with van der Waals surface area (Å²) in [7, 11) is 0. The Balaban J connectivity index is 1.11. The molecule has 0 atom stereocenters. The van der Waals surface area contributed by atoms with Crippen molar-refractivity contribution < 1.29 is 0 Å². The molecule has 0 amide bonds. The molecule has 0 bridgehead atoms. The molecule has 9 aromatic carbocycles. The van der Waals surface area contributed by atoms with Crippen LogP contribution in [0, 0.1) is 0 Å². The predicted octanol–water partition coefficient (Wildman–Crippen LogP) is 14.2. The first kappa shape index (κ1) is 33.1. The Morgan fingerprint density at radius 1 is 0.377 bits per heavy atom. The summed E-state index contributed by atoms with van der Waals surface area (Å²) in [5, 5.41) is 7.56. The van der Waals surface area contributed by atoms with Gasteiger partial charge in [0.25, 0.3) is 0 Å². The summed E-state index contributed by atoms with van der Waals surface area (Å²) in [4.78, 5) is 15.7. The Kier molecular flexibility index (Phi) is 6.61. The molecule has 4 nitrogen and oxygen atoms in total. The molecule has 5 heteroatoms. The van der Waals surface area contributed by atoms with E-state index in [1.54, 1.807) is 0 Å². The fraction of sp³-hybridized carbons (Fsp3) is 0.0179. The highest BCUT2D eigenvalue weighted by atomic mass is 32.1. The SMILES string of the molecule is c1ccc(-c2nc(-c3ccccc3)nc(-c3cc(-n4c5cccc6c5c5c7c(cccc7ccc54)C64c5ccccc5-c5ccccc54)cc4sc5ccccc5c34)n2)cc1. The molecule has 14 rings (SSSR count). The smallest absolute Gasteiger partial charge is 0.164 e. The highest BCUT2D eigenvalue weighted by molar-refractivity contribution is 7.26. The molecule has 61 heavy (non-hydrogen) atoms. The normalized spacial score (nSPS) is 13.4. The van der Waals surface area contributed by atoms with Crippen LogP contribution in [-0.2, 0) is 5.41 Å². The lowest BCUT2D eigenvalue weighted by Crippen LogP contribution is -2.30. The first-order chi connectivity index (χ1) is 30.3. The Morgan fingerprint density at radius 3 is 1.67 bits per heavy atom. The summed E-state index contributed by atoms with van der Waals surface area (Å²) in [5.74, 6) is 1.95. The third-order valence-electron chi connectivity index (χ3n) is 13.2. The molecule has 3 heterocycles. The van der Waals surface area contributed by atoms with Gasteiger partial charge in [-0.2, -0.15) is 0 Å². The quantitative estimate of drug-likeness (QED) is 0.178. The van der Waals surface area contributed by atoms with Gasteiger partial charge < -0.3 is 4.57 Å². The minimum absolute atomic E-state index is 0.465. The lowest BCUT2D eigenvalue weighted by atomic mass is 9.63. The van der Waals surface area contributed by atoms with Crippen LogP contribution in [0.5, 0.6) is 0 Å². The maximum Gasteiger partial charge on any atom is 0.164 e. The van der Waals surface area contributed by atoms with Crippen LogP contribution >= 0.6 is 11.3 Å². The second kappa shape index (κ2) is 12.2. The van der Waals surface area contributed by atoms with Crippen molar-refractivity contribution in [2.75, 3.05) is 0 Å². The third kappa shape index (κ3) is 4.35. The number of nitrogens with zero attached hydrogens (tertiary/aromatic N) is 4. The van der Waals surface area contributed by atoms with Crippen LogP contribution in [0.4, 0.5) is 0 Å². The van der Waals surface area contributed by atoms with Crippen molar-refractivity contribution in [2.45, 2.75) is 5.41 Å². The molecule has 3 aromatic heterocycles. The van der Waals surface area contributed by atoms with Crippen molar-refractivity contribution in [2.24, 2.45) is 0 Å². The average Bonchev–Trinajstić information content (AvgIpc) is 3.98. The lowest BCUT2D eigenvalue weighted by molar-refractivity contribution is 0.783. The molecular weight excluding hydrogens is 761 g/mol. The molecule has 1 spiro atoms. The van der Waals surface area contributed by atoms with Crippen LogP contribution in [0.2, 0.25) is 0 Å². The van der Waals surface area contributed by atoms with E-state index in [0.29, 0.717) is 17.5 Å². The summed E-state index contributed by atoms with van der Waals surface area (Å²) in [6.45, 7) is 0. The second-order valence-electron chi connectivity index (χ2n) is 16.2. The maximum absolute atomic E-state index is 5.31. The van der Waals surface area contributed by atoms with E-state index in [2.05, 4.69) is 162 Å². The number of benzene rings is 9. The van der Waals surface area contributed by atoms with Crippen LogP contribution in [-0.4, -0.2) is 19.5 Å². The molecule has 0 aliphatic heterocycles. The summed E-state index contributed by atoms with van der Waals surface area (Å²) >= 11 is 1.83. The van der Waals surface area contributed by atoms with Gasteiger partial charge in [0.2, 0.25) is 0 Å². The fourth-order valence-electron chi connectivity index (χ4n) is 10.9. The first-order valence-corrected chi connectivity index (χ1v) is 21.6. The van der Waals surface area contributed by atoms with Crippen LogP contribution in [0.25, 0.3) is 104 Å². The Bertz CT molecular complexity index is 3720. The van der Waals surface area contributed by atoms with E-state index in [9.17, 15) is 0 Å². The van der Waals surface area contributed by atoms with E-state index >= 15 is 0 Å². The number of rotatable bonds is 4. The van der Waals surface area contributed by atoms with E-state index in [0.717, 1.165) is 27.8 Å². The lowest BCUT2D eigenvalue weighted by Gasteiger charge is -2.37. The van der Waals surface area contributed by atoms with Gasteiger partial charge in [-0.15, -0.1) is 11.3 Å². The third-order valence-corrected chi connectivity index (χ3v) is 14.3. The van der Waals surface area contributed by atoms with Crippen molar-refractivity contribution in [3.05, 3.63) is 216 Å². The molecule has 0 saturated heterocycles. The zero-order chi connectivity index (χ0) is 39.8. The second-order valence-corrected chi connectivity index (χ2v) is 17.3. The average molecular weight is 793 g/mol. The first-order valence-electron chi connectivity index (χ1n) is 20.8. The minimum Gasteiger partial charge on any atom is -0.309 e. The monoisotopic (exact) mass is 792 g/mol. The minimum atomic E-state index is -0.465. The summed E-state index contributed by atoms with van der Waals surface area (Å²) in [5.41, 5.74) is 13.9. The van der Waals surface area contributed by atoms with E-state index in [1.165, 1.54) is 80.7 Å². The summed E-state index contributed by atoms with van der Waals surface area (Å²) in [6.07, 6.45) is 0. The molecule has 2 aliphatic rings. The summed E-state index contributed by atoms with van der Waals surface area (Å²) < 4.78 is 4.92. The van der Waals surface area contributed by atoms with Gasteiger partial charge in [-0.1, -0.05) is 164 Å². The van der Waals surface area contributed by atoms with Crippen molar-refractivity contribution in [3.63, 3.8) is 0 Å². The van der Waals surface area contributed by atoms with Crippen LogP contribution in [0.3, 0.4) is 0 Å². The number of hydrogen-bond donors (Lipinski definition) is 0. The van der Waals surface area contributed by atoms with Gasteiger partial charge in [-0.05, 0) is 74.5 Å². The molecule has 2 aliphatic carbocycles. The Labute approximate surface area is 354 Å². The molecule has 0 fully saturated rings. The van der Waals surface area contributed by atoms with E-state index in [-0.39, 0.29) is 0 Å². The van der Waals surface area contributed by atoms with Crippen LogP contribution in [0.1, 0.15) is 22.3 Å². The number of aromatic nitrogens is 4. The fourth-order valence-corrected chi connectivity index (χ4v) is 12.0. The molecule has 0 saturated carbocycles. The van der Waals surface area contributed by atoms with Gasteiger partial charge in [0.05, 0.1) is 16.4 Å². The molecular formula is C56H32N4S. The van der Waals surface area contributed by atoms with Gasteiger partial charge >= 0.3 is 0 Å². The van der Waals surface area contributed by atoms with Crippen molar-refractivity contribution >= 4 is 64.1 Å². The largest absolute Gasteiger partial charge is 0.309 e. The van der Waals surface area contributed by atoms with Gasteiger partial charge in [0, 0.05) is 53.3 Å². The number of thiophene rings is 1. The highest BCUT2D eigenvalue weighted by Crippen LogP contribution is 2.62. The van der Waals surface area contributed by atoms with Gasteiger partial charge in [-0.25, -0.2) is 15.0 Å². The molecule has 0 radical (unpaired) electrons. The predicted molar refractivity (Wildman–Crippen MR) is 252 cm³/mol. The zero-order valence-corrected chi connectivity index (χ0v) is 33.5. The van der Waals surface area contributed by atoms with E-state index in [1.807, 2.05) is 47.7 Å². The molecule has 12 aromatic rings. The van der Waals surface area contributed by atoms with Crippen LogP contribution < -0.4 is 0 Å². The summed E-state index contributed by atoms with van der Waals surface area (Å²) in [6, 6.07) is 70.6. The Hall–Kier alpha value is -7.73. The zero-order valence-electron chi connectivity index (χ0n) is 32.7. The topological polar surface area (TPSA) is 43.6 Å². The van der Waals surface area contributed by atoms with Gasteiger partial charge in [0.15, 0.2) is 17.5 Å². The van der Waals surface area contributed by atoms with Gasteiger partial charge in [-0.3, -0.25) is 0 Å². The highest BCUT2D eigenvalue weighted by Gasteiger charge is 2.50. The maximum atomic E-state index is 5.31. The molecule has 282 valence electrons. The molecule has 0 N–H and O–H groups in total. The van der Waals surface area contributed by atoms with Gasteiger partial charge in [0.1, 0.15) is 0 Å². The Morgan fingerprint density at radius 2 is 0.951 bits per heavy atom. The number of hydrogen-bond acceptors (Lipinski definition) is 4. The van der Waals surface area contributed by atoms with E-state index < -0.39 is 5.41 Å². The molecule has 0 unspecified atom stereocenters. The van der Waals surface area contributed by atoms with Crippen LogP contribution in [0.15, 0.2) is 194 Å². The van der Waals surface area contributed by atoms with Crippen molar-refractivity contribution in [1.82, 2.24) is 19.5 Å².